The molecule has 2 atom stereocenters. The van der Waals surface area contributed by atoms with Gasteiger partial charge in [0.25, 0.3) is 0 Å². The number of Topliss-reactive ketones (excluding diaryl/α,β-unsaturated/α-hetero) is 1. The Hall–Kier alpha value is -4.26. The van der Waals surface area contributed by atoms with Crippen LogP contribution in [0.2, 0.25) is 0 Å². The van der Waals surface area contributed by atoms with Crippen molar-refractivity contribution in [2.75, 3.05) is 17.3 Å². The Morgan fingerprint density at radius 1 is 0.921 bits per heavy atom. The van der Waals surface area contributed by atoms with Crippen LogP contribution in [0.25, 0.3) is 0 Å². The lowest BCUT2D eigenvalue weighted by Crippen LogP contribution is -2.39. The van der Waals surface area contributed by atoms with Crippen molar-refractivity contribution in [2.45, 2.75) is 37.6 Å². The molecule has 7 heteroatoms. The number of rotatable bonds is 4. The van der Waals surface area contributed by atoms with E-state index in [0.717, 1.165) is 35.4 Å². The summed E-state index contributed by atoms with van der Waals surface area (Å²) >= 11 is 0. The molecule has 6 nitrogen and oxygen atoms in total. The predicted octanol–water partition coefficient (Wildman–Crippen LogP) is 5.92. The second-order valence-corrected chi connectivity index (χ2v) is 10.1. The monoisotopic (exact) mass is 510 g/mol. The summed E-state index contributed by atoms with van der Waals surface area (Å²) in [6.45, 7) is 0. The van der Waals surface area contributed by atoms with Crippen LogP contribution in [0.4, 0.5) is 15.8 Å². The van der Waals surface area contributed by atoms with Gasteiger partial charge in [-0.25, -0.2) is 9.18 Å². The van der Waals surface area contributed by atoms with E-state index in [0.29, 0.717) is 23.2 Å². The molecule has 1 heterocycles. The molecule has 1 N–H and O–H groups in total. The number of fused-ring (bicyclic) bond motifs is 1. The minimum absolute atomic E-state index is 0.0106. The van der Waals surface area contributed by atoms with Crippen molar-refractivity contribution >= 4 is 29.0 Å². The van der Waals surface area contributed by atoms with Gasteiger partial charge in [0.2, 0.25) is 5.91 Å². The first-order chi connectivity index (χ1) is 18.4. The number of nitrogens with zero attached hydrogens (tertiary/aromatic N) is 1. The van der Waals surface area contributed by atoms with Crippen molar-refractivity contribution in [3.63, 3.8) is 0 Å². The molecule has 38 heavy (non-hydrogen) atoms. The standard InChI is InChI=1S/C31H27FN2O4/c1-38-31(37)21-10-6-19(7-11-21)29-28-25(16-22(17-27(28)35)18-12-14-23(32)15-13-18)33-24-4-2-3-5-26(24)34(29)30(36)20-8-9-20/h2-7,10-15,20,22,29,33H,8-9,16-17H2,1H3/t22-,29+/m0/s1. The number of esters is 1. The largest absolute Gasteiger partial charge is 0.465 e. The molecule has 6 rings (SSSR count). The van der Waals surface area contributed by atoms with Gasteiger partial charge in [0.1, 0.15) is 5.82 Å². The fourth-order valence-electron chi connectivity index (χ4n) is 5.57. The van der Waals surface area contributed by atoms with E-state index >= 15 is 0 Å². The van der Waals surface area contributed by atoms with Crippen LogP contribution < -0.4 is 10.2 Å². The molecule has 3 aromatic rings. The van der Waals surface area contributed by atoms with Crippen LogP contribution in [0.15, 0.2) is 84.1 Å². The molecular formula is C31H27FN2O4. The van der Waals surface area contributed by atoms with E-state index in [2.05, 4.69) is 5.32 Å². The molecule has 0 unspecified atom stereocenters. The van der Waals surface area contributed by atoms with Crippen LogP contribution in [0.1, 0.15) is 59.1 Å². The number of carbonyl (C=O) groups is 3. The molecule has 0 bridgehead atoms. The molecule has 1 saturated carbocycles. The van der Waals surface area contributed by atoms with Crippen LogP contribution in [0.5, 0.6) is 0 Å². The molecule has 1 fully saturated rings. The third-order valence-electron chi connectivity index (χ3n) is 7.64. The normalized spacial score (nSPS) is 20.7. The highest BCUT2D eigenvalue weighted by Gasteiger charge is 2.45. The van der Waals surface area contributed by atoms with Gasteiger partial charge in [0, 0.05) is 23.6 Å². The van der Waals surface area contributed by atoms with E-state index in [1.807, 2.05) is 24.3 Å². The van der Waals surface area contributed by atoms with Gasteiger partial charge in [-0.15, -0.1) is 0 Å². The van der Waals surface area contributed by atoms with E-state index in [-0.39, 0.29) is 35.8 Å². The van der Waals surface area contributed by atoms with Crippen molar-refractivity contribution in [3.05, 3.63) is 107 Å². The summed E-state index contributed by atoms with van der Waals surface area (Å²) in [5.41, 5.74) is 4.82. The molecule has 0 spiro atoms. The minimum Gasteiger partial charge on any atom is -0.465 e. The predicted molar refractivity (Wildman–Crippen MR) is 141 cm³/mol. The summed E-state index contributed by atoms with van der Waals surface area (Å²) in [4.78, 5) is 41.6. The highest BCUT2D eigenvalue weighted by atomic mass is 19.1. The van der Waals surface area contributed by atoms with Crippen LogP contribution in [0, 0.1) is 11.7 Å². The van der Waals surface area contributed by atoms with Crippen molar-refractivity contribution < 1.29 is 23.5 Å². The fraction of sp³-hybridized carbons (Fsp3) is 0.258. The molecule has 0 aromatic heterocycles. The number of halogens is 1. The zero-order valence-corrected chi connectivity index (χ0v) is 20.9. The maximum absolute atomic E-state index is 14.0. The second-order valence-electron chi connectivity index (χ2n) is 10.1. The number of anilines is 2. The van der Waals surface area contributed by atoms with Crippen LogP contribution in [-0.2, 0) is 14.3 Å². The SMILES string of the molecule is COC(=O)c1ccc([C@@H]2C3=C(C[C@H](c4ccc(F)cc4)CC3=O)Nc3ccccc3N2C(=O)C2CC2)cc1. The summed E-state index contributed by atoms with van der Waals surface area (Å²) in [5, 5.41) is 3.50. The minimum atomic E-state index is -0.650. The Labute approximate surface area is 220 Å². The third-order valence-corrected chi connectivity index (χ3v) is 7.64. The molecular weight excluding hydrogens is 483 g/mol. The van der Waals surface area contributed by atoms with Crippen molar-refractivity contribution in [1.29, 1.82) is 0 Å². The third kappa shape index (κ3) is 4.28. The van der Waals surface area contributed by atoms with Crippen LogP contribution >= 0.6 is 0 Å². The average Bonchev–Trinajstić information content (AvgIpc) is 3.79. The van der Waals surface area contributed by atoms with Gasteiger partial charge in [0.15, 0.2) is 5.78 Å². The Kier molecular flexibility index (Phi) is 6.06. The average molecular weight is 511 g/mol. The quantitative estimate of drug-likeness (QED) is 0.441. The van der Waals surface area contributed by atoms with Crippen LogP contribution in [0.3, 0.4) is 0 Å². The Balaban J connectivity index is 1.51. The zero-order valence-electron chi connectivity index (χ0n) is 20.9. The highest BCUT2D eigenvalue weighted by molar-refractivity contribution is 6.07. The maximum Gasteiger partial charge on any atom is 0.337 e. The Morgan fingerprint density at radius 3 is 2.29 bits per heavy atom. The van der Waals surface area contributed by atoms with E-state index in [1.54, 1.807) is 41.3 Å². The molecule has 2 aliphatic carbocycles. The molecule has 3 aromatic carbocycles. The number of nitrogens with one attached hydrogen (secondary N) is 1. The van der Waals surface area contributed by atoms with Gasteiger partial charge in [-0.1, -0.05) is 36.4 Å². The van der Waals surface area contributed by atoms with Crippen molar-refractivity contribution in [1.82, 2.24) is 0 Å². The summed E-state index contributed by atoms with van der Waals surface area (Å²) in [7, 11) is 1.33. The summed E-state index contributed by atoms with van der Waals surface area (Å²) in [6.07, 6.45) is 2.45. The van der Waals surface area contributed by atoms with E-state index in [1.165, 1.54) is 19.2 Å². The number of ketones is 1. The van der Waals surface area contributed by atoms with E-state index in [4.69, 9.17) is 4.74 Å². The van der Waals surface area contributed by atoms with Gasteiger partial charge in [0.05, 0.1) is 30.1 Å². The van der Waals surface area contributed by atoms with Crippen molar-refractivity contribution in [2.24, 2.45) is 5.92 Å². The lowest BCUT2D eigenvalue weighted by molar-refractivity contribution is -0.120. The summed E-state index contributed by atoms with van der Waals surface area (Å²) < 4.78 is 18.4. The smallest absolute Gasteiger partial charge is 0.337 e. The number of ether oxygens (including phenoxy) is 1. The first kappa shape index (κ1) is 24.1. The first-order valence-corrected chi connectivity index (χ1v) is 12.8. The number of hydrogen-bond acceptors (Lipinski definition) is 5. The fourth-order valence-corrected chi connectivity index (χ4v) is 5.57. The zero-order chi connectivity index (χ0) is 26.4. The van der Waals surface area contributed by atoms with E-state index in [9.17, 15) is 18.8 Å². The number of hydrogen-bond donors (Lipinski definition) is 1. The number of carbonyl (C=O) groups excluding carboxylic acids is 3. The maximum atomic E-state index is 14.0. The lowest BCUT2D eigenvalue weighted by atomic mass is 9.78. The molecule has 0 radical (unpaired) electrons. The number of methoxy groups -OCH3 is 1. The molecule has 3 aliphatic rings. The number of para-hydroxylation sites is 2. The van der Waals surface area contributed by atoms with Crippen molar-refractivity contribution in [3.8, 4) is 0 Å². The second kappa shape index (κ2) is 9.56. The molecule has 1 aliphatic heterocycles. The van der Waals surface area contributed by atoms with Crippen LogP contribution in [-0.4, -0.2) is 24.8 Å². The summed E-state index contributed by atoms with van der Waals surface area (Å²) in [6, 6.07) is 20.2. The Morgan fingerprint density at radius 2 is 1.61 bits per heavy atom. The highest BCUT2D eigenvalue weighted by Crippen LogP contribution is 2.49. The lowest BCUT2D eigenvalue weighted by Gasteiger charge is -2.35. The van der Waals surface area contributed by atoms with Gasteiger partial charge < -0.3 is 10.1 Å². The first-order valence-electron chi connectivity index (χ1n) is 12.8. The number of allylic oxidation sites excluding steroid dienone is 1. The van der Waals surface area contributed by atoms with Gasteiger partial charge in [-0.05, 0) is 72.7 Å². The number of benzene rings is 3. The Bertz CT molecular complexity index is 1460. The molecule has 192 valence electrons. The van der Waals surface area contributed by atoms with Gasteiger partial charge in [-0.2, -0.15) is 0 Å². The summed E-state index contributed by atoms with van der Waals surface area (Å²) in [5.74, 6) is -1.03. The number of amides is 1. The molecule has 1 amide bonds. The molecule has 0 saturated heterocycles. The van der Waals surface area contributed by atoms with Gasteiger partial charge >= 0.3 is 5.97 Å². The van der Waals surface area contributed by atoms with E-state index < -0.39 is 12.0 Å². The topological polar surface area (TPSA) is 75.7 Å². The van der Waals surface area contributed by atoms with Gasteiger partial charge in [-0.3, -0.25) is 14.5 Å².